The third kappa shape index (κ3) is 3.34. The minimum Gasteiger partial charge on any atom is -0.324 e. The molecule has 2 aromatic rings. The van der Waals surface area contributed by atoms with E-state index < -0.39 is 0 Å². The molecule has 0 aliphatic heterocycles. The third-order valence-electron chi connectivity index (χ3n) is 2.62. The zero-order valence-electron chi connectivity index (χ0n) is 10.6. The van der Waals surface area contributed by atoms with E-state index in [9.17, 15) is 9.59 Å². The van der Waals surface area contributed by atoms with Crippen LogP contribution in [0.4, 0.5) is 5.69 Å². The summed E-state index contributed by atoms with van der Waals surface area (Å²) in [5.74, 6) is -0.295. The molecule has 0 unspecified atom stereocenters. The van der Waals surface area contributed by atoms with Gasteiger partial charge in [0.15, 0.2) is 0 Å². The Morgan fingerprint density at radius 3 is 2.75 bits per heavy atom. The molecule has 104 valence electrons. The molecule has 1 aromatic heterocycles. The zero-order valence-corrected chi connectivity index (χ0v) is 13.7. The van der Waals surface area contributed by atoms with Crippen molar-refractivity contribution in [1.29, 1.82) is 0 Å². The average Bonchev–Trinajstić information content (AvgIpc) is 2.42. The number of para-hydroxylation sites is 1. The lowest BCUT2D eigenvalue weighted by molar-refractivity contribution is -0.116. The highest BCUT2D eigenvalue weighted by Crippen LogP contribution is 2.21. The Hall–Kier alpha value is -1.47. The molecular formula is C13H11Br2N3O2. The van der Waals surface area contributed by atoms with Gasteiger partial charge < -0.3 is 5.32 Å². The van der Waals surface area contributed by atoms with E-state index >= 15 is 0 Å². The number of carbonyl (C=O) groups is 1. The predicted octanol–water partition coefficient (Wildman–Crippen LogP) is 2.72. The minimum atomic E-state index is -0.295. The van der Waals surface area contributed by atoms with Gasteiger partial charge >= 0.3 is 0 Å². The molecule has 0 fully saturated rings. The predicted molar refractivity (Wildman–Crippen MR) is 83.7 cm³/mol. The van der Waals surface area contributed by atoms with Crippen LogP contribution in [0, 0.1) is 6.92 Å². The molecule has 0 saturated heterocycles. The van der Waals surface area contributed by atoms with E-state index in [-0.39, 0.29) is 18.0 Å². The molecule has 0 radical (unpaired) electrons. The molecule has 1 amide bonds. The van der Waals surface area contributed by atoms with Crippen LogP contribution in [0.25, 0.3) is 0 Å². The second-order valence-corrected chi connectivity index (χ2v) is 5.75. The molecule has 0 atom stereocenters. The van der Waals surface area contributed by atoms with Crippen molar-refractivity contribution >= 4 is 43.5 Å². The largest absolute Gasteiger partial charge is 0.324 e. The summed E-state index contributed by atoms with van der Waals surface area (Å²) in [5.41, 5.74) is 0.974. The topological polar surface area (TPSA) is 64.0 Å². The van der Waals surface area contributed by atoms with Crippen LogP contribution in [0.2, 0.25) is 0 Å². The number of nitrogens with one attached hydrogen (secondary N) is 1. The van der Waals surface area contributed by atoms with Crippen LogP contribution >= 0.6 is 31.9 Å². The van der Waals surface area contributed by atoms with Crippen molar-refractivity contribution in [1.82, 2.24) is 9.55 Å². The number of aromatic nitrogens is 2. The van der Waals surface area contributed by atoms with Crippen molar-refractivity contribution < 1.29 is 4.79 Å². The van der Waals surface area contributed by atoms with Crippen molar-refractivity contribution in [2.24, 2.45) is 0 Å². The molecule has 5 nitrogen and oxygen atoms in total. The zero-order chi connectivity index (χ0) is 14.7. The smallest absolute Gasteiger partial charge is 0.268 e. The molecule has 2 rings (SSSR count). The highest BCUT2D eigenvalue weighted by molar-refractivity contribution is 9.10. The van der Waals surface area contributed by atoms with Crippen LogP contribution in [-0.4, -0.2) is 15.5 Å². The quantitative estimate of drug-likeness (QED) is 0.861. The Labute approximate surface area is 132 Å². The summed E-state index contributed by atoms with van der Waals surface area (Å²) < 4.78 is 2.40. The fourth-order valence-corrected chi connectivity index (χ4v) is 2.28. The number of aryl methyl sites for hydroxylation is 1. The molecule has 0 aliphatic rings. The summed E-state index contributed by atoms with van der Waals surface area (Å²) in [6.45, 7) is 1.63. The summed E-state index contributed by atoms with van der Waals surface area (Å²) in [6, 6.07) is 7.27. The maximum absolute atomic E-state index is 11.9. The second-order valence-electron chi connectivity index (χ2n) is 4.11. The Bertz CT molecular complexity index is 713. The fourth-order valence-electron chi connectivity index (χ4n) is 1.57. The molecule has 0 spiro atoms. The number of benzene rings is 1. The molecule has 0 bridgehead atoms. The molecule has 1 N–H and O–H groups in total. The molecule has 1 heterocycles. The SMILES string of the molecule is Cc1ncn(CC(=O)Nc2ccccc2Br)c(=O)c1Br. The first-order valence-electron chi connectivity index (χ1n) is 5.75. The highest BCUT2D eigenvalue weighted by atomic mass is 79.9. The average molecular weight is 401 g/mol. The number of amides is 1. The van der Waals surface area contributed by atoms with E-state index in [1.54, 1.807) is 13.0 Å². The second kappa shape index (κ2) is 6.32. The van der Waals surface area contributed by atoms with E-state index in [2.05, 4.69) is 42.2 Å². The third-order valence-corrected chi connectivity index (χ3v) is 4.22. The number of halogens is 2. The van der Waals surface area contributed by atoms with E-state index in [0.29, 0.717) is 15.9 Å². The van der Waals surface area contributed by atoms with Crippen LogP contribution in [-0.2, 0) is 11.3 Å². The number of nitrogens with zero attached hydrogens (tertiary/aromatic N) is 2. The van der Waals surface area contributed by atoms with Crippen molar-refractivity contribution in [3.05, 3.63) is 55.6 Å². The molecular weight excluding hydrogens is 390 g/mol. The Balaban J connectivity index is 2.15. The lowest BCUT2D eigenvalue weighted by atomic mass is 10.3. The lowest BCUT2D eigenvalue weighted by Gasteiger charge is -2.09. The van der Waals surface area contributed by atoms with E-state index in [1.807, 2.05) is 18.2 Å². The van der Waals surface area contributed by atoms with Gasteiger partial charge in [-0.2, -0.15) is 0 Å². The Morgan fingerprint density at radius 1 is 1.35 bits per heavy atom. The fraction of sp³-hybridized carbons (Fsp3) is 0.154. The first-order chi connectivity index (χ1) is 9.49. The van der Waals surface area contributed by atoms with Crippen LogP contribution in [0.15, 0.2) is 44.3 Å². The van der Waals surface area contributed by atoms with E-state index in [1.165, 1.54) is 10.9 Å². The molecule has 7 heteroatoms. The number of hydrogen-bond donors (Lipinski definition) is 1. The number of carbonyl (C=O) groups excluding carboxylic acids is 1. The van der Waals surface area contributed by atoms with Crippen LogP contribution < -0.4 is 10.9 Å². The molecule has 20 heavy (non-hydrogen) atoms. The monoisotopic (exact) mass is 399 g/mol. The standard InChI is InChI=1S/C13H11Br2N3O2/c1-8-12(15)13(20)18(7-16-8)6-11(19)17-10-5-3-2-4-9(10)14/h2-5,7H,6H2,1H3,(H,17,19). The maximum atomic E-state index is 11.9. The van der Waals surface area contributed by atoms with Gasteiger partial charge in [0, 0.05) is 4.47 Å². The number of anilines is 1. The van der Waals surface area contributed by atoms with E-state index in [0.717, 1.165) is 4.47 Å². The van der Waals surface area contributed by atoms with Gasteiger partial charge in [0.05, 0.1) is 17.7 Å². The Morgan fingerprint density at radius 2 is 2.05 bits per heavy atom. The summed E-state index contributed by atoms with van der Waals surface area (Å²) in [6.07, 6.45) is 1.36. The first-order valence-corrected chi connectivity index (χ1v) is 7.33. The van der Waals surface area contributed by atoms with Gasteiger partial charge in [-0.05, 0) is 50.9 Å². The van der Waals surface area contributed by atoms with Crippen LogP contribution in [0.1, 0.15) is 5.69 Å². The van der Waals surface area contributed by atoms with Crippen LogP contribution in [0.3, 0.4) is 0 Å². The first kappa shape index (κ1) is 14.9. The minimum absolute atomic E-state index is 0.0912. The lowest BCUT2D eigenvalue weighted by Crippen LogP contribution is -2.28. The van der Waals surface area contributed by atoms with Gasteiger partial charge in [0.2, 0.25) is 5.91 Å². The van der Waals surface area contributed by atoms with Gasteiger partial charge in [-0.15, -0.1) is 0 Å². The summed E-state index contributed by atoms with van der Waals surface area (Å²) >= 11 is 6.51. The number of rotatable bonds is 3. The maximum Gasteiger partial charge on any atom is 0.268 e. The van der Waals surface area contributed by atoms with Gasteiger partial charge in [0.25, 0.3) is 5.56 Å². The normalized spacial score (nSPS) is 10.3. The summed E-state index contributed by atoms with van der Waals surface area (Å²) in [7, 11) is 0. The van der Waals surface area contributed by atoms with Gasteiger partial charge in [-0.1, -0.05) is 12.1 Å². The molecule has 0 aliphatic carbocycles. The van der Waals surface area contributed by atoms with Crippen molar-refractivity contribution in [3.63, 3.8) is 0 Å². The van der Waals surface area contributed by atoms with Crippen molar-refractivity contribution in [2.75, 3.05) is 5.32 Å². The van der Waals surface area contributed by atoms with Gasteiger partial charge in [-0.25, -0.2) is 4.98 Å². The summed E-state index contributed by atoms with van der Waals surface area (Å²) in [4.78, 5) is 27.9. The van der Waals surface area contributed by atoms with Crippen molar-refractivity contribution in [2.45, 2.75) is 13.5 Å². The van der Waals surface area contributed by atoms with Gasteiger partial charge in [-0.3, -0.25) is 14.2 Å². The highest BCUT2D eigenvalue weighted by Gasteiger charge is 2.10. The molecule has 0 saturated carbocycles. The van der Waals surface area contributed by atoms with Crippen molar-refractivity contribution in [3.8, 4) is 0 Å². The molecule has 1 aromatic carbocycles. The number of hydrogen-bond acceptors (Lipinski definition) is 3. The Kier molecular flexibility index (Phi) is 4.72. The van der Waals surface area contributed by atoms with Crippen LogP contribution in [0.5, 0.6) is 0 Å². The van der Waals surface area contributed by atoms with Gasteiger partial charge in [0.1, 0.15) is 11.0 Å². The van der Waals surface area contributed by atoms with E-state index in [4.69, 9.17) is 0 Å². The summed E-state index contributed by atoms with van der Waals surface area (Å²) in [5, 5.41) is 2.73.